The molecule has 1 N–H and O–H groups in total. The number of hydrogen-bond acceptors (Lipinski definition) is 1. The van der Waals surface area contributed by atoms with Crippen LogP contribution in [0.4, 0.5) is 0 Å². The van der Waals surface area contributed by atoms with Gasteiger partial charge in [0.25, 0.3) is 0 Å². The summed E-state index contributed by atoms with van der Waals surface area (Å²) < 4.78 is 0. The van der Waals surface area contributed by atoms with Gasteiger partial charge in [-0.15, -0.1) is 0 Å². The van der Waals surface area contributed by atoms with Crippen LogP contribution in [0, 0.1) is 5.92 Å². The van der Waals surface area contributed by atoms with E-state index >= 15 is 0 Å². The van der Waals surface area contributed by atoms with Crippen LogP contribution in [0.25, 0.3) is 0 Å². The van der Waals surface area contributed by atoms with Crippen molar-refractivity contribution in [1.29, 1.82) is 0 Å². The van der Waals surface area contributed by atoms with Crippen molar-refractivity contribution >= 4 is 5.91 Å². The summed E-state index contributed by atoms with van der Waals surface area (Å²) in [6.45, 7) is 4.46. The summed E-state index contributed by atoms with van der Waals surface area (Å²) in [4.78, 5) is 11.3. The van der Waals surface area contributed by atoms with Gasteiger partial charge in [-0.2, -0.15) is 0 Å². The van der Waals surface area contributed by atoms with Gasteiger partial charge in [0.05, 0.1) is 0 Å². The minimum Gasteiger partial charge on any atom is -0.273 e. The second kappa shape index (κ2) is 14.9. The molecule has 0 spiro atoms. The summed E-state index contributed by atoms with van der Waals surface area (Å²) >= 11 is 0. The summed E-state index contributed by atoms with van der Waals surface area (Å²) in [5.74, 6) is -0.307. The van der Waals surface area contributed by atoms with Gasteiger partial charge in [0.2, 0.25) is 5.91 Å². The molecule has 2 nitrogen and oxygen atoms in total. The van der Waals surface area contributed by atoms with Crippen molar-refractivity contribution in [3.63, 3.8) is 0 Å². The average molecular weight is 282 g/mol. The Bertz CT molecular complexity index is 215. The molecule has 0 aromatic rings. The second-order valence-electron chi connectivity index (χ2n) is 6.17. The topological polar surface area (TPSA) is 40.9 Å². The maximum Gasteiger partial charge on any atom is 0.241 e. The van der Waals surface area contributed by atoms with Gasteiger partial charge in [-0.05, 0) is 12.8 Å². The predicted octanol–water partition coefficient (Wildman–Crippen LogP) is 5.91. The Hall–Kier alpha value is -0.530. The van der Waals surface area contributed by atoms with Gasteiger partial charge in [-0.1, -0.05) is 90.9 Å². The Balaban J connectivity index is 3.52. The first kappa shape index (κ1) is 19.5. The molecule has 1 amide bonds. The Kier molecular flexibility index (Phi) is 14.5. The molecule has 1 unspecified atom stereocenters. The molecule has 1 radical (unpaired) electrons. The zero-order valence-electron chi connectivity index (χ0n) is 13.9. The van der Waals surface area contributed by atoms with Crippen molar-refractivity contribution in [2.45, 2.75) is 104 Å². The molecule has 0 heterocycles. The first-order chi connectivity index (χ1) is 9.72. The third-order valence-electron chi connectivity index (χ3n) is 4.18. The molecule has 119 valence electrons. The fourth-order valence-electron chi connectivity index (χ4n) is 2.75. The molecule has 0 aromatic carbocycles. The van der Waals surface area contributed by atoms with E-state index in [1.807, 2.05) is 0 Å². The number of carbonyl (C=O) groups excluding carboxylic acids is 1. The summed E-state index contributed by atoms with van der Waals surface area (Å²) in [6, 6.07) is 0. The number of rotatable bonds is 15. The van der Waals surface area contributed by atoms with Gasteiger partial charge in [0, 0.05) is 5.92 Å². The van der Waals surface area contributed by atoms with Gasteiger partial charge in [0.15, 0.2) is 0 Å². The minimum atomic E-state index is -0.327. The fraction of sp³-hybridized carbons (Fsp3) is 0.944. The molecule has 0 aliphatic rings. The summed E-state index contributed by atoms with van der Waals surface area (Å²) in [6.07, 6.45) is 17.1. The van der Waals surface area contributed by atoms with Crippen molar-refractivity contribution < 1.29 is 4.79 Å². The number of amides is 1. The highest BCUT2D eigenvalue weighted by molar-refractivity contribution is 5.75. The first-order valence-corrected chi connectivity index (χ1v) is 8.97. The van der Waals surface area contributed by atoms with Crippen LogP contribution in [0.5, 0.6) is 0 Å². The van der Waals surface area contributed by atoms with Crippen molar-refractivity contribution in [2.24, 2.45) is 5.92 Å². The number of unbranched alkanes of at least 4 members (excludes halogenated alkanes) is 10. The molecule has 0 fully saturated rings. The second-order valence-corrected chi connectivity index (χ2v) is 6.17. The average Bonchev–Trinajstić information content (AvgIpc) is 2.43. The van der Waals surface area contributed by atoms with E-state index in [9.17, 15) is 4.79 Å². The lowest BCUT2D eigenvalue weighted by Gasteiger charge is -2.12. The zero-order chi connectivity index (χ0) is 15.1. The number of hydrogen-bond donors (Lipinski definition) is 0. The number of nitrogens with one attached hydrogen (secondary N) is 1. The Morgan fingerprint density at radius 1 is 0.700 bits per heavy atom. The molecule has 0 saturated carbocycles. The lowest BCUT2D eigenvalue weighted by molar-refractivity contribution is -0.122. The van der Waals surface area contributed by atoms with E-state index < -0.39 is 0 Å². The van der Waals surface area contributed by atoms with Gasteiger partial charge < -0.3 is 0 Å². The molecule has 0 rings (SSSR count). The third kappa shape index (κ3) is 12.5. The van der Waals surface area contributed by atoms with E-state index in [0.29, 0.717) is 0 Å². The van der Waals surface area contributed by atoms with Crippen LogP contribution in [0.1, 0.15) is 104 Å². The highest BCUT2D eigenvalue weighted by Crippen LogP contribution is 2.19. The molecule has 20 heavy (non-hydrogen) atoms. The van der Waals surface area contributed by atoms with Crippen LogP contribution in [-0.4, -0.2) is 5.91 Å². The quantitative estimate of drug-likeness (QED) is 0.344. The van der Waals surface area contributed by atoms with Gasteiger partial charge >= 0.3 is 0 Å². The van der Waals surface area contributed by atoms with E-state index in [4.69, 9.17) is 5.73 Å². The monoisotopic (exact) mass is 282 g/mol. The Labute approximate surface area is 126 Å². The highest BCUT2D eigenvalue weighted by atomic mass is 16.1. The van der Waals surface area contributed by atoms with Gasteiger partial charge in [0.1, 0.15) is 0 Å². The smallest absolute Gasteiger partial charge is 0.241 e. The fourth-order valence-corrected chi connectivity index (χ4v) is 2.75. The van der Waals surface area contributed by atoms with Crippen LogP contribution >= 0.6 is 0 Å². The van der Waals surface area contributed by atoms with Crippen LogP contribution in [-0.2, 0) is 4.79 Å². The normalized spacial score (nSPS) is 12.5. The summed E-state index contributed by atoms with van der Waals surface area (Å²) in [7, 11) is 0. The zero-order valence-corrected chi connectivity index (χ0v) is 13.9. The van der Waals surface area contributed by atoms with E-state index in [-0.39, 0.29) is 11.8 Å². The maximum absolute atomic E-state index is 11.3. The van der Waals surface area contributed by atoms with Crippen LogP contribution in [0.15, 0.2) is 0 Å². The molecule has 1 atom stereocenters. The molecule has 0 aromatic heterocycles. The van der Waals surface area contributed by atoms with Gasteiger partial charge in [-0.25, -0.2) is 0 Å². The molecule has 0 saturated heterocycles. The van der Waals surface area contributed by atoms with Crippen molar-refractivity contribution in [3.8, 4) is 0 Å². The summed E-state index contributed by atoms with van der Waals surface area (Å²) in [5, 5.41) is 0. The lowest BCUT2D eigenvalue weighted by Crippen LogP contribution is -2.15. The SMILES string of the molecule is CCCCCCCCCC(CCCCCCC)C([NH])=O. The molecule has 2 heteroatoms. The van der Waals surface area contributed by atoms with Crippen molar-refractivity contribution in [3.05, 3.63) is 0 Å². The summed E-state index contributed by atoms with van der Waals surface area (Å²) in [5.41, 5.74) is 7.38. The molecule has 0 aliphatic heterocycles. The first-order valence-electron chi connectivity index (χ1n) is 8.97. The molecule has 0 aliphatic carbocycles. The predicted molar refractivity (Wildman–Crippen MR) is 87.6 cm³/mol. The highest BCUT2D eigenvalue weighted by Gasteiger charge is 2.14. The molecular formula is C18H36NO. The Morgan fingerprint density at radius 3 is 1.40 bits per heavy atom. The van der Waals surface area contributed by atoms with Crippen LogP contribution in [0.2, 0.25) is 0 Å². The van der Waals surface area contributed by atoms with Crippen LogP contribution in [0.3, 0.4) is 0 Å². The lowest BCUT2D eigenvalue weighted by atomic mass is 9.93. The van der Waals surface area contributed by atoms with Crippen LogP contribution < -0.4 is 5.73 Å². The van der Waals surface area contributed by atoms with E-state index in [2.05, 4.69) is 13.8 Å². The number of carbonyl (C=O) groups is 1. The van der Waals surface area contributed by atoms with Gasteiger partial charge in [-0.3, -0.25) is 10.5 Å². The standard InChI is InChI=1S/C18H36NO/c1-3-5-7-9-10-12-14-16-17(18(19)20)15-13-11-8-6-4-2/h17,19H,3-16H2,1-2H3. The molecule has 0 bridgehead atoms. The minimum absolute atomic E-state index is 0.0206. The van der Waals surface area contributed by atoms with Crippen molar-refractivity contribution in [1.82, 2.24) is 5.73 Å². The largest absolute Gasteiger partial charge is 0.273 e. The Morgan fingerprint density at radius 2 is 1.05 bits per heavy atom. The van der Waals surface area contributed by atoms with E-state index in [0.717, 1.165) is 25.7 Å². The van der Waals surface area contributed by atoms with Crippen molar-refractivity contribution in [2.75, 3.05) is 0 Å². The van der Waals surface area contributed by atoms with E-state index in [1.54, 1.807) is 0 Å². The van der Waals surface area contributed by atoms with E-state index in [1.165, 1.54) is 64.2 Å². The molecular weight excluding hydrogens is 246 g/mol. The third-order valence-corrected chi connectivity index (χ3v) is 4.18. The maximum atomic E-state index is 11.3.